The minimum absolute atomic E-state index is 0.104. The van der Waals surface area contributed by atoms with Crippen LogP contribution in [0.5, 0.6) is 0 Å². The van der Waals surface area contributed by atoms with Crippen molar-refractivity contribution in [2.45, 2.75) is 18.7 Å². The molecule has 0 heterocycles. The molecule has 0 fully saturated rings. The number of sulfonamides is 1. The zero-order valence-electron chi connectivity index (χ0n) is 10.6. The molecule has 20 heavy (non-hydrogen) atoms. The Balaban J connectivity index is 3.13. The molecule has 0 amide bonds. The van der Waals surface area contributed by atoms with Crippen molar-refractivity contribution < 1.29 is 18.2 Å². The first-order valence-corrected chi connectivity index (χ1v) is 7.66. The number of halogens is 2. The number of nitrogens with one attached hydrogen (secondary N) is 1. The van der Waals surface area contributed by atoms with E-state index in [1.54, 1.807) is 0 Å². The summed E-state index contributed by atoms with van der Waals surface area (Å²) in [6.45, 7) is 3.80. The van der Waals surface area contributed by atoms with Crippen molar-refractivity contribution >= 4 is 38.9 Å². The highest BCUT2D eigenvalue weighted by atomic mass is 35.5. The van der Waals surface area contributed by atoms with Crippen LogP contribution in [0.2, 0.25) is 10.0 Å². The second-order valence-corrected chi connectivity index (χ2v) is 6.66. The normalized spacial score (nSPS) is 11.8. The topological polar surface area (TPSA) is 98.5 Å². The van der Waals surface area contributed by atoms with Crippen molar-refractivity contribution in [2.75, 3.05) is 6.61 Å². The molecule has 0 aliphatic heterocycles. The van der Waals surface area contributed by atoms with Crippen LogP contribution in [0.15, 0.2) is 17.0 Å². The lowest BCUT2D eigenvalue weighted by atomic mass is 10.2. The van der Waals surface area contributed by atoms with Crippen LogP contribution in [0, 0.1) is 16.0 Å². The summed E-state index contributed by atoms with van der Waals surface area (Å²) in [4.78, 5) is 16.1. The minimum atomic E-state index is -4.13. The van der Waals surface area contributed by atoms with Gasteiger partial charge in [0.25, 0.3) is 10.0 Å². The number of hydrogen-bond acceptors (Lipinski definition) is 5. The average Bonchev–Trinajstić information content (AvgIpc) is 2.26. The molecular weight excluding hydrogens is 331 g/mol. The quantitative estimate of drug-likeness (QED) is 0.632. The van der Waals surface area contributed by atoms with Gasteiger partial charge in [-0.1, -0.05) is 41.9 Å². The van der Waals surface area contributed by atoms with Crippen molar-refractivity contribution in [3.8, 4) is 0 Å². The summed E-state index contributed by atoms with van der Waals surface area (Å²) in [5.41, 5.74) is -0.667. The molecule has 112 valence electrons. The number of nitro groups is 1. The number of nitrogens with zero attached hydrogens (tertiary/aromatic N) is 1. The highest BCUT2D eigenvalue weighted by Crippen LogP contribution is 2.36. The Morgan fingerprint density at radius 3 is 2.50 bits per heavy atom. The fourth-order valence-corrected chi connectivity index (χ4v) is 2.93. The number of rotatable bonds is 6. The molecule has 0 atom stereocenters. The summed E-state index contributed by atoms with van der Waals surface area (Å²) < 4.78 is 23.9. The third-order valence-electron chi connectivity index (χ3n) is 2.09. The molecule has 0 aliphatic rings. The van der Waals surface area contributed by atoms with E-state index in [1.807, 2.05) is 18.7 Å². The maximum absolute atomic E-state index is 11.9. The molecule has 0 saturated heterocycles. The first-order chi connectivity index (χ1) is 9.16. The molecule has 0 radical (unpaired) electrons. The second-order valence-electron chi connectivity index (χ2n) is 4.26. The predicted molar refractivity (Wildman–Crippen MR) is 74.2 cm³/mol. The lowest BCUT2D eigenvalue weighted by molar-refractivity contribution is -0.384. The van der Waals surface area contributed by atoms with Gasteiger partial charge < -0.3 is 0 Å². The standard InChI is InChI=1S/C10H12Cl2N2O5S/c1-6(2)5-19-13-20(17,18)8-4-3-7(11)10(9(8)12)14(15)16/h3-4,6,13H,5H2,1-2H3. The maximum atomic E-state index is 11.9. The molecule has 0 unspecified atom stereocenters. The van der Waals surface area contributed by atoms with Gasteiger partial charge in [0.2, 0.25) is 0 Å². The van der Waals surface area contributed by atoms with E-state index in [0.29, 0.717) is 0 Å². The molecule has 1 rings (SSSR count). The summed E-state index contributed by atoms with van der Waals surface area (Å²) in [6, 6.07) is 2.15. The smallest absolute Gasteiger partial charge is 0.287 e. The van der Waals surface area contributed by atoms with Crippen molar-refractivity contribution in [2.24, 2.45) is 5.92 Å². The number of hydrogen-bond donors (Lipinski definition) is 1. The van der Waals surface area contributed by atoms with E-state index >= 15 is 0 Å². The van der Waals surface area contributed by atoms with Gasteiger partial charge in [-0.2, -0.15) is 0 Å². The zero-order chi connectivity index (χ0) is 15.5. The molecule has 0 spiro atoms. The molecule has 0 aliphatic carbocycles. The SMILES string of the molecule is CC(C)CONS(=O)(=O)c1ccc(Cl)c([N+](=O)[O-])c1Cl. The molecule has 7 nitrogen and oxygen atoms in total. The molecular formula is C10H12Cl2N2O5S. The average molecular weight is 343 g/mol. The van der Waals surface area contributed by atoms with E-state index in [4.69, 9.17) is 28.0 Å². The maximum Gasteiger partial charge on any atom is 0.307 e. The number of nitro benzene ring substituents is 1. The molecule has 1 aromatic carbocycles. The van der Waals surface area contributed by atoms with Crippen molar-refractivity contribution in [1.29, 1.82) is 0 Å². The Labute approximate surface area is 126 Å². The molecule has 0 aromatic heterocycles. The largest absolute Gasteiger partial charge is 0.307 e. The third kappa shape index (κ3) is 4.03. The second kappa shape index (κ2) is 6.68. The van der Waals surface area contributed by atoms with Crippen LogP contribution in [0.25, 0.3) is 0 Å². The molecule has 10 heteroatoms. The van der Waals surface area contributed by atoms with Crippen LogP contribution < -0.4 is 4.89 Å². The Morgan fingerprint density at radius 2 is 2.00 bits per heavy atom. The van der Waals surface area contributed by atoms with E-state index < -0.39 is 30.6 Å². The summed E-state index contributed by atoms with van der Waals surface area (Å²) >= 11 is 11.4. The van der Waals surface area contributed by atoms with Crippen LogP contribution in [0.1, 0.15) is 13.8 Å². The van der Waals surface area contributed by atoms with Crippen LogP contribution in [-0.4, -0.2) is 19.9 Å². The molecule has 1 N–H and O–H groups in total. The highest BCUT2D eigenvalue weighted by molar-refractivity contribution is 7.89. The molecule has 0 bridgehead atoms. The third-order valence-corrected chi connectivity index (χ3v) is 4.15. The van der Waals surface area contributed by atoms with E-state index in [1.165, 1.54) is 0 Å². The minimum Gasteiger partial charge on any atom is -0.287 e. The summed E-state index contributed by atoms with van der Waals surface area (Å²) in [7, 11) is -4.13. The fraction of sp³-hybridized carbons (Fsp3) is 0.400. The van der Waals surface area contributed by atoms with E-state index in [2.05, 4.69) is 0 Å². The van der Waals surface area contributed by atoms with Gasteiger partial charge in [0.15, 0.2) is 0 Å². The monoisotopic (exact) mass is 342 g/mol. The van der Waals surface area contributed by atoms with E-state index in [0.717, 1.165) is 12.1 Å². The van der Waals surface area contributed by atoms with Gasteiger partial charge in [-0.3, -0.25) is 15.0 Å². The van der Waals surface area contributed by atoms with Gasteiger partial charge in [0.05, 0.1) is 11.5 Å². The lowest BCUT2D eigenvalue weighted by Crippen LogP contribution is -2.26. The summed E-state index contributed by atoms with van der Waals surface area (Å²) in [5.74, 6) is 0.104. The zero-order valence-corrected chi connectivity index (χ0v) is 12.9. The summed E-state index contributed by atoms with van der Waals surface area (Å²) in [5, 5.41) is 10.0. The predicted octanol–water partition coefficient (Wildman–Crippen LogP) is 2.77. The molecule has 0 saturated carbocycles. The van der Waals surface area contributed by atoms with Crippen LogP contribution in [0.3, 0.4) is 0 Å². The van der Waals surface area contributed by atoms with Crippen LogP contribution >= 0.6 is 23.2 Å². The van der Waals surface area contributed by atoms with Crippen molar-refractivity contribution in [1.82, 2.24) is 4.89 Å². The van der Waals surface area contributed by atoms with Gasteiger partial charge in [-0.25, -0.2) is 8.42 Å². The van der Waals surface area contributed by atoms with Gasteiger partial charge in [-0.05, 0) is 18.1 Å². The van der Waals surface area contributed by atoms with Crippen molar-refractivity contribution in [3.05, 3.63) is 32.3 Å². The number of benzene rings is 1. The van der Waals surface area contributed by atoms with Crippen molar-refractivity contribution in [3.63, 3.8) is 0 Å². The first-order valence-electron chi connectivity index (χ1n) is 5.42. The van der Waals surface area contributed by atoms with Gasteiger partial charge in [0.1, 0.15) is 14.9 Å². The van der Waals surface area contributed by atoms with Gasteiger partial charge in [0, 0.05) is 0 Å². The Morgan fingerprint density at radius 1 is 1.40 bits per heavy atom. The van der Waals surface area contributed by atoms with Gasteiger partial charge in [-0.15, -0.1) is 0 Å². The van der Waals surface area contributed by atoms with Crippen LogP contribution in [-0.2, 0) is 14.9 Å². The first kappa shape index (κ1) is 17.1. The van der Waals surface area contributed by atoms with E-state index in [-0.39, 0.29) is 17.5 Å². The fourth-order valence-electron chi connectivity index (χ4n) is 1.22. The Bertz CT molecular complexity index is 618. The summed E-state index contributed by atoms with van der Waals surface area (Å²) in [6.07, 6.45) is 0. The Kier molecular flexibility index (Phi) is 5.72. The lowest BCUT2D eigenvalue weighted by Gasteiger charge is -2.10. The Hall–Kier alpha value is -0.930. The van der Waals surface area contributed by atoms with E-state index in [9.17, 15) is 18.5 Å². The van der Waals surface area contributed by atoms with Gasteiger partial charge >= 0.3 is 5.69 Å². The molecule has 1 aromatic rings. The highest BCUT2D eigenvalue weighted by Gasteiger charge is 2.27. The van der Waals surface area contributed by atoms with Crippen LogP contribution in [0.4, 0.5) is 5.69 Å².